The van der Waals surface area contributed by atoms with Crippen LogP contribution in [0.15, 0.2) is 28.7 Å². The lowest BCUT2D eigenvalue weighted by Crippen LogP contribution is -2.27. The van der Waals surface area contributed by atoms with Gasteiger partial charge in [-0.15, -0.1) is 0 Å². The predicted molar refractivity (Wildman–Crippen MR) is 77.8 cm³/mol. The molecule has 0 aliphatic carbocycles. The van der Waals surface area contributed by atoms with E-state index in [0.29, 0.717) is 23.1 Å². The zero-order valence-corrected chi connectivity index (χ0v) is 12.1. The van der Waals surface area contributed by atoms with Gasteiger partial charge in [0.25, 0.3) is 0 Å². The van der Waals surface area contributed by atoms with Gasteiger partial charge in [0.1, 0.15) is 5.76 Å². The van der Waals surface area contributed by atoms with Crippen LogP contribution in [0.2, 0.25) is 5.02 Å². The summed E-state index contributed by atoms with van der Waals surface area (Å²) in [6, 6.07) is 7.10. The van der Waals surface area contributed by atoms with E-state index in [4.69, 9.17) is 16.0 Å². The van der Waals surface area contributed by atoms with E-state index in [-0.39, 0.29) is 12.5 Å². The van der Waals surface area contributed by atoms with Gasteiger partial charge in [-0.1, -0.05) is 23.7 Å². The number of rotatable bonds is 5. The summed E-state index contributed by atoms with van der Waals surface area (Å²) in [4.78, 5) is 16.0. The molecule has 0 radical (unpaired) electrons. The number of halogens is 1. The molecule has 2 aromatic rings. The average Bonchev–Trinajstić information content (AvgIpc) is 2.71. The molecule has 1 aromatic carbocycles. The number of amides is 1. The first-order valence-corrected chi connectivity index (χ1v) is 6.62. The molecular weight excluding hydrogens is 278 g/mol. The van der Waals surface area contributed by atoms with Crippen LogP contribution in [0.3, 0.4) is 0 Å². The van der Waals surface area contributed by atoms with Crippen molar-refractivity contribution < 1.29 is 9.21 Å². The molecule has 1 aromatic heterocycles. The summed E-state index contributed by atoms with van der Waals surface area (Å²) in [5.74, 6) is 1.20. The second kappa shape index (κ2) is 6.54. The summed E-state index contributed by atoms with van der Waals surface area (Å²) in [7, 11) is 0. The number of nitrogens with zero attached hydrogens (tertiary/aromatic N) is 1. The number of carbonyl (C=O) groups is 1. The molecule has 0 unspecified atom stereocenters. The molecule has 2 N–H and O–H groups in total. The lowest BCUT2D eigenvalue weighted by Gasteiger charge is -2.07. The van der Waals surface area contributed by atoms with Crippen LogP contribution in [0.5, 0.6) is 0 Å². The third kappa shape index (κ3) is 3.82. The van der Waals surface area contributed by atoms with Crippen LogP contribution in [0.4, 0.5) is 5.69 Å². The molecule has 0 spiro atoms. The van der Waals surface area contributed by atoms with Gasteiger partial charge in [0.05, 0.1) is 29.5 Å². The number of para-hydroxylation sites is 1. The minimum absolute atomic E-state index is 0.158. The molecular formula is C14H16ClN3O2. The van der Waals surface area contributed by atoms with E-state index in [1.807, 2.05) is 26.0 Å². The molecule has 5 nitrogen and oxygen atoms in total. The molecule has 1 amide bonds. The molecule has 106 valence electrons. The minimum atomic E-state index is -0.168. The zero-order valence-electron chi connectivity index (χ0n) is 11.4. The maximum absolute atomic E-state index is 11.7. The normalized spacial score (nSPS) is 10.6. The predicted octanol–water partition coefficient (Wildman–Crippen LogP) is 2.67. The maximum Gasteiger partial charge on any atom is 0.238 e. The monoisotopic (exact) mass is 293 g/mol. The van der Waals surface area contributed by atoms with Crippen molar-refractivity contribution in [2.75, 3.05) is 11.9 Å². The highest BCUT2D eigenvalue weighted by Crippen LogP contribution is 2.19. The zero-order chi connectivity index (χ0) is 14.5. The van der Waals surface area contributed by atoms with Crippen molar-refractivity contribution in [1.82, 2.24) is 10.3 Å². The van der Waals surface area contributed by atoms with Crippen LogP contribution in [0.25, 0.3) is 0 Å². The molecule has 6 heteroatoms. The summed E-state index contributed by atoms with van der Waals surface area (Å²) in [5.41, 5.74) is 1.46. The Balaban J connectivity index is 1.80. The summed E-state index contributed by atoms with van der Waals surface area (Å²) < 4.78 is 5.41. The average molecular weight is 294 g/mol. The number of aryl methyl sites for hydroxylation is 2. The largest absolute Gasteiger partial charge is 0.444 e. The summed E-state index contributed by atoms with van der Waals surface area (Å²) in [5, 5.41) is 6.21. The molecule has 1 heterocycles. The molecule has 0 fully saturated rings. The highest BCUT2D eigenvalue weighted by molar-refractivity contribution is 6.33. The van der Waals surface area contributed by atoms with Crippen molar-refractivity contribution in [1.29, 1.82) is 0 Å². The van der Waals surface area contributed by atoms with E-state index < -0.39 is 0 Å². The van der Waals surface area contributed by atoms with Crippen LogP contribution in [-0.4, -0.2) is 17.4 Å². The van der Waals surface area contributed by atoms with Crippen LogP contribution in [-0.2, 0) is 11.3 Å². The van der Waals surface area contributed by atoms with Crippen molar-refractivity contribution in [3.63, 3.8) is 0 Å². The lowest BCUT2D eigenvalue weighted by atomic mass is 10.3. The van der Waals surface area contributed by atoms with Crippen LogP contribution in [0.1, 0.15) is 17.3 Å². The lowest BCUT2D eigenvalue weighted by molar-refractivity contribution is -0.115. The van der Waals surface area contributed by atoms with Gasteiger partial charge in [0.2, 0.25) is 11.8 Å². The van der Waals surface area contributed by atoms with E-state index in [1.54, 1.807) is 12.1 Å². The van der Waals surface area contributed by atoms with Crippen LogP contribution in [0, 0.1) is 13.8 Å². The number of benzene rings is 1. The van der Waals surface area contributed by atoms with Crippen LogP contribution < -0.4 is 10.6 Å². The SMILES string of the molecule is Cc1nc(CNCC(=O)Nc2ccccc2Cl)oc1C. The van der Waals surface area contributed by atoms with E-state index in [2.05, 4.69) is 15.6 Å². The highest BCUT2D eigenvalue weighted by Gasteiger charge is 2.07. The van der Waals surface area contributed by atoms with E-state index in [9.17, 15) is 4.79 Å². The van der Waals surface area contributed by atoms with Gasteiger partial charge in [-0.2, -0.15) is 0 Å². The van der Waals surface area contributed by atoms with Crippen molar-refractivity contribution >= 4 is 23.2 Å². The topological polar surface area (TPSA) is 67.2 Å². The van der Waals surface area contributed by atoms with Crippen molar-refractivity contribution in [2.24, 2.45) is 0 Å². The van der Waals surface area contributed by atoms with E-state index >= 15 is 0 Å². The van der Waals surface area contributed by atoms with Gasteiger partial charge in [0.15, 0.2) is 0 Å². The first-order valence-electron chi connectivity index (χ1n) is 6.24. The number of oxazole rings is 1. The fraction of sp³-hybridized carbons (Fsp3) is 0.286. The molecule has 0 aliphatic heterocycles. The van der Waals surface area contributed by atoms with E-state index in [1.165, 1.54) is 0 Å². The van der Waals surface area contributed by atoms with E-state index in [0.717, 1.165) is 11.5 Å². The number of hydrogen-bond acceptors (Lipinski definition) is 4. The smallest absolute Gasteiger partial charge is 0.238 e. The van der Waals surface area contributed by atoms with Gasteiger partial charge in [-0.25, -0.2) is 4.98 Å². The summed E-state index contributed by atoms with van der Waals surface area (Å²) >= 11 is 5.96. The standard InChI is InChI=1S/C14H16ClN3O2/c1-9-10(2)20-14(17-9)8-16-7-13(19)18-12-6-4-3-5-11(12)15/h3-6,16H,7-8H2,1-2H3,(H,18,19). The Labute approximate surface area is 122 Å². The number of anilines is 1. The fourth-order valence-electron chi connectivity index (χ4n) is 1.65. The fourth-order valence-corrected chi connectivity index (χ4v) is 1.84. The van der Waals surface area contributed by atoms with Gasteiger partial charge in [-0.3, -0.25) is 10.1 Å². The summed E-state index contributed by atoms with van der Waals surface area (Å²) in [6.45, 7) is 4.30. The van der Waals surface area contributed by atoms with Crippen molar-refractivity contribution in [3.8, 4) is 0 Å². The molecule has 0 saturated carbocycles. The highest BCUT2D eigenvalue weighted by atomic mass is 35.5. The Bertz CT molecular complexity index is 591. The Kier molecular flexibility index (Phi) is 4.76. The first-order chi connectivity index (χ1) is 9.56. The molecule has 0 saturated heterocycles. The Morgan fingerprint density at radius 2 is 2.10 bits per heavy atom. The van der Waals surface area contributed by atoms with Gasteiger partial charge in [0, 0.05) is 0 Å². The van der Waals surface area contributed by atoms with Gasteiger partial charge < -0.3 is 9.73 Å². The van der Waals surface area contributed by atoms with Crippen molar-refractivity contribution in [2.45, 2.75) is 20.4 Å². The quantitative estimate of drug-likeness (QED) is 0.889. The second-order valence-corrected chi connectivity index (χ2v) is 4.79. The number of carbonyl (C=O) groups excluding carboxylic acids is 1. The number of nitrogens with one attached hydrogen (secondary N) is 2. The molecule has 20 heavy (non-hydrogen) atoms. The maximum atomic E-state index is 11.7. The molecule has 0 bridgehead atoms. The number of aromatic nitrogens is 1. The Morgan fingerprint density at radius 1 is 1.35 bits per heavy atom. The Morgan fingerprint density at radius 3 is 2.75 bits per heavy atom. The third-order valence-corrected chi connectivity index (χ3v) is 3.11. The summed E-state index contributed by atoms with van der Waals surface area (Å²) in [6.07, 6.45) is 0. The van der Waals surface area contributed by atoms with Crippen molar-refractivity contribution in [3.05, 3.63) is 46.6 Å². The molecule has 0 aliphatic rings. The molecule has 0 atom stereocenters. The van der Waals surface area contributed by atoms with Gasteiger partial charge >= 0.3 is 0 Å². The first kappa shape index (κ1) is 14.6. The van der Waals surface area contributed by atoms with Crippen LogP contribution >= 0.6 is 11.6 Å². The number of hydrogen-bond donors (Lipinski definition) is 2. The minimum Gasteiger partial charge on any atom is -0.444 e. The van der Waals surface area contributed by atoms with Gasteiger partial charge in [-0.05, 0) is 26.0 Å². The Hall–Kier alpha value is -1.85. The molecule has 2 rings (SSSR count). The third-order valence-electron chi connectivity index (χ3n) is 2.78. The second-order valence-electron chi connectivity index (χ2n) is 4.38.